The van der Waals surface area contributed by atoms with Gasteiger partial charge in [0.15, 0.2) is 0 Å². The zero-order valence-electron chi connectivity index (χ0n) is 10.3. The number of carbonyl (C=O) groups excluding carboxylic acids is 1. The Balaban J connectivity index is 2.10. The van der Waals surface area contributed by atoms with Crippen LogP contribution in [0.5, 0.6) is 0 Å². The number of nitrogens with two attached hydrogens (primary N) is 1. The standard InChI is InChI=1S/C14H14N4O/c15-7-3-5-11-4-1-2-6-13(11)14(19)17-9-12-8-16-10-18-12/h1-2,4,6,8,10H,7,9,15H2,(H,16,18)(H,17,19). The van der Waals surface area contributed by atoms with Crippen molar-refractivity contribution in [1.82, 2.24) is 15.3 Å². The molecule has 0 fully saturated rings. The zero-order valence-corrected chi connectivity index (χ0v) is 10.3. The molecule has 5 heteroatoms. The highest BCUT2D eigenvalue weighted by atomic mass is 16.1. The first-order chi connectivity index (χ1) is 9.31. The Hall–Kier alpha value is -2.58. The molecule has 0 aliphatic carbocycles. The summed E-state index contributed by atoms with van der Waals surface area (Å²) >= 11 is 0. The molecule has 0 saturated carbocycles. The zero-order chi connectivity index (χ0) is 13.5. The van der Waals surface area contributed by atoms with Crippen molar-refractivity contribution < 1.29 is 4.79 Å². The quantitative estimate of drug-likeness (QED) is 0.703. The number of amides is 1. The number of hydrogen-bond donors (Lipinski definition) is 3. The summed E-state index contributed by atoms with van der Waals surface area (Å²) in [6, 6.07) is 7.18. The second-order valence-electron chi connectivity index (χ2n) is 3.81. The molecule has 2 rings (SSSR count). The molecule has 5 nitrogen and oxygen atoms in total. The van der Waals surface area contributed by atoms with Gasteiger partial charge in [0.2, 0.25) is 0 Å². The van der Waals surface area contributed by atoms with E-state index in [2.05, 4.69) is 27.1 Å². The van der Waals surface area contributed by atoms with Crippen LogP contribution in [0.3, 0.4) is 0 Å². The van der Waals surface area contributed by atoms with Crippen molar-refractivity contribution in [3.8, 4) is 11.8 Å². The first-order valence-corrected chi connectivity index (χ1v) is 5.84. The van der Waals surface area contributed by atoms with Gasteiger partial charge in [-0.3, -0.25) is 4.79 Å². The van der Waals surface area contributed by atoms with Crippen LogP contribution in [0.4, 0.5) is 0 Å². The molecule has 1 heterocycles. The Morgan fingerprint density at radius 2 is 2.26 bits per heavy atom. The minimum Gasteiger partial charge on any atom is -0.347 e. The molecule has 0 aliphatic rings. The number of aromatic nitrogens is 2. The fourth-order valence-electron chi connectivity index (χ4n) is 1.59. The number of nitrogens with one attached hydrogen (secondary N) is 2. The molecule has 4 N–H and O–H groups in total. The molecule has 0 atom stereocenters. The number of benzene rings is 1. The van der Waals surface area contributed by atoms with E-state index in [9.17, 15) is 4.79 Å². The van der Waals surface area contributed by atoms with Gasteiger partial charge >= 0.3 is 0 Å². The molecule has 19 heavy (non-hydrogen) atoms. The maximum Gasteiger partial charge on any atom is 0.252 e. The molecule has 0 saturated heterocycles. The third-order valence-electron chi connectivity index (χ3n) is 2.49. The van der Waals surface area contributed by atoms with E-state index in [1.165, 1.54) is 0 Å². The Morgan fingerprint density at radius 3 is 3.00 bits per heavy atom. The molecule has 0 radical (unpaired) electrons. The molecular formula is C14H14N4O. The normalized spacial score (nSPS) is 9.53. The van der Waals surface area contributed by atoms with Crippen molar-refractivity contribution in [2.75, 3.05) is 6.54 Å². The molecule has 0 spiro atoms. The van der Waals surface area contributed by atoms with E-state index in [0.717, 1.165) is 5.69 Å². The molecule has 1 amide bonds. The third kappa shape index (κ3) is 3.44. The predicted octanol–water partition coefficient (Wildman–Crippen LogP) is 0.650. The van der Waals surface area contributed by atoms with Crippen LogP contribution in [0.2, 0.25) is 0 Å². The first-order valence-electron chi connectivity index (χ1n) is 5.84. The number of carbonyl (C=O) groups is 1. The number of H-pyrrole nitrogens is 1. The summed E-state index contributed by atoms with van der Waals surface area (Å²) in [7, 11) is 0. The van der Waals surface area contributed by atoms with E-state index in [-0.39, 0.29) is 12.5 Å². The first kappa shape index (κ1) is 12.9. The second-order valence-corrected chi connectivity index (χ2v) is 3.81. The summed E-state index contributed by atoms with van der Waals surface area (Å²) in [5.41, 5.74) is 7.41. The van der Waals surface area contributed by atoms with Gasteiger partial charge in [-0.15, -0.1) is 0 Å². The van der Waals surface area contributed by atoms with E-state index < -0.39 is 0 Å². The summed E-state index contributed by atoms with van der Waals surface area (Å²) in [6.45, 7) is 0.668. The van der Waals surface area contributed by atoms with Crippen LogP contribution in [0.1, 0.15) is 21.6 Å². The van der Waals surface area contributed by atoms with Crippen LogP contribution in [0, 0.1) is 11.8 Å². The molecule has 0 aliphatic heterocycles. The van der Waals surface area contributed by atoms with Crippen molar-refractivity contribution in [1.29, 1.82) is 0 Å². The third-order valence-corrected chi connectivity index (χ3v) is 2.49. The van der Waals surface area contributed by atoms with Gasteiger partial charge in [-0.2, -0.15) is 0 Å². The van der Waals surface area contributed by atoms with Gasteiger partial charge in [0.05, 0.1) is 30.7 Å². The number of rotatable bonds is 3. The fourth-order valence-corrected chi connectivity index (χ4v) is 1.59. The van der Waals surface area contributed by atoms with Crippen molar-refractivity contribution in [2.45, 2.75) is 6.54 Å². The van der Waals surface area contributed by atoms with Crippen molar-refractivity contribution in [2.24, 2.45) is 5.73 Å². The Bertz CT molecular complexity index is 608. The SMILES string of the molecule is NCC#Cc1ccccc1C(=O)NCc1cnc[nH]1. The average Bonchev–Trinajstić information content (AvgIpc) is 2.96. The van der Waals surface area contributed by atoms with E-state index in [1.54, 1.807) is 30.7 Å². The smallest absolute Gasteiger partial charge is 0.252 e. The lowest BCUT2D eigenvalue weighted by molar-refractivity contribution is 0.0950. The van der Waals surface area contributed by atoms with Gasteiger partial charge < -0.3 is 16.0 Å². The van der Waals surface area contributed by atoms with Crippen LogP contribution in [-0.2, 0) is 6.54 Å². The lowest BCUT2D eigenvalue weighted by Gasteiger charge is -2.05. The highest BCUT2D eigenvalue weighted by Crippen LogP contribution is 2.07. The molecular weight excluding hydrogens is 240 g/mol. The molecule has 0 unspecified atom stereocenters. The van der Waals surface area contributed by atoms with E-state index in [1.807, 2.05) is 6.07 Å². The maximum absolute atomic E-state index is 12.1. The largest absolute Gasteiger partial charge is 0.347 e. The Morgan fingerprint density at radius 1 is 1.42 bits per heavy atom. The van der Waals surface area contributed by atoms with Crippen molar-refractivity contribution in [3.63, 3.8) is 0 Å². The number of nitrogens with zero attached hydrogens (tertiary/aromatic N) is 1. The van der Waals surface area contributed by atoms with Gasteiger partial charge in [0, 0.05) is 11.8 Å². The lowest BCUT2D eigenvalue weighted by Crippen LogP contribution is -2.23. The second kappa shape index (κ2) is 6.38. The number of aromatic amines is 1. The van der Waals surface area contributed by atoms with Crippen molar-refractivity contribution >= 4 is 5.91 Å². The summed E-state index contributed by atoms with van der Waals surface area (Å²) < 4.78 is 0. The molecule has 1 aromatic heterocycles. The summed E-state index contributed by atoms with van der Waals surface area (Å²) in [6.07, 6.45) is 3.24. The highest BCUT2D eigenvalue weighted by molar-refractivity contribution is 5.96. The fraction of sp³-hybridized carbons (Fsp3) is 0.143. The lowest BCUT2D eigenvalue weighted by atomic mass is 10.1. The van der Waals surface area contributed by atoms with Gasteiger partial charge in [-0.25, -0.2) is 4.98 Å². The minimum atomic E-state index is -0.170. The molecule has 2 aromatic rings. The van der Waals surface area contributed by atoms with E-state index in [4.69, 9.17) is 5.73 Å². The molecule has 0 bridgehead atoms. The highest BCUT2D eigenvalue weighted by Gasteiger charge is 2.09. The molecule has 1 aromatic carbocycles. The summed E-state index contributed by atoms with van der Waals surface area (Å²) in [5.74, 6) is 5.47. The van der Waals surface area contributed by atoms with Gasteiger partial charge in [0.25, 0.3) is 5.91 Å². The Labute approximate surface area is 111 Å². The average molecular weight is 254 g/mol. The number of hydrogen-bond acceptors (Lipinski definition) is 3. The monoisotopic (exact) mass is 254 g/mol. The van der Waals surface area contributed by atoms with Gasteiger partial charge in [0.1, 0.15) is 0 Å². The van der Waals surface area contributed by atoms with Crippen LogP contribution < -0.4 is 11.1 Å². The topological polar surface area (TPSA) is 83.8 Å². The summed E-state index contributed by atoms with van der Waals surface area (Å²) in [4.78, 5) is 18.9. The van der Waals surface area contributed by atoms with Crippen LogP contribution in [0.15, 0.2) is 36.8 Å². The summed E-state index contributed by atoms with van der Waals surface area (Å²) in [5, 5.41) is 2.81. The van der Waals surface area contributed by atoms with Gasteiger partial charge in [-0.05, 0) is 12.1 Å². The van der Waals surface area contributed by atoms with E-state index >= 15 is 0 Å². The maximum atomic E-state index is 12.1. The van der Waals surface area contributed by atoms with Crippen LogP contribution in [0.25, 0.3) is 0 Å². The van der Waals surface area contributed by atoms with Crippen LogP contribution in [-0.4, -0.2) is 22.4 Å². The predicted molar refractivity (Wildman–Crippen MR) is 72.1 cm³/mol. The molecule has 96 valence electrons. The van der Waals surface area contributed by atoms with E-state index in [0.29, 0.717) is 17.7 Å². The number of imidazole rings is 1. The van der Waals surface area contributed by atoms with Crippen LogP contribution >= 0.6 is 0 Å². The van der Waals surface area contributed by atoms with Crippen molar-refractivity contribution in [3.05, 3.63) is 53.6 Å². The minimum absolute atomic E-state index is 0.170. The van der Waals surface area contributed by atoms with Gasteiger partial charge in [-0.1, -0.05) is 24.0 Å². The Kier molecular flexibility index (Phi) is 4.32.